The molecule has 4 nitrogen and oxygen atoms in total. The van der Waals surface area contributed by atoms with E-state index >= 15 is 0 Å². The van der Waals surface area contributed by atoms with Crippen LogP contribution in [-0.2, 0) is 4.79 Å². The number of carbonyl (C=O) groups is 1. The number of nitrogens with one attached hydrogen (secondary N) is 1. The number of benzene rings is 3. The molecule has 0 atom stereocenters. The number of nitriles is 1. The minimum absolute atomic E-state index is 0.182. The Hall–Kier alpha value is -2.94. The quantitative estimate of drug-likeness (QED) is 0.609. The Kier molecular flexibility index (Phi) is 6.37. The predicted octanol–water partition coefficient (Wildman–Crippen LogP) is 5.38. The van der Waals surface area contributed by atoms with E-state index in [1.54, 1.807) is 24.3 Å². The first kappa shape index (κ1) is 18.8. The van der Waals surface area contributed by atoms with E-state index in [1.165, 1.54) is 11.8 Å². The number of nitrogens with zero attached hydrogens (tertiary/aromatic N) is 1. The summed E-state index contributed by atoms with van der Waals surface area (Å²) in [5.41, 5.74) is 1.09. The summed E-state index contributed by atoms with van der Waals surface area (Å²) in [6.45, 7) is -0.182. The Balaban J connectivity index is 1.66. The molecule has 0 fully saturated rings. The highest BCUT2D eigenvalue weighted by Crippen LogP contribution is 2.33. The van der Waals surface area contributed by atoms with Gasteiger partial charge in [0.05, 0.1) is 11.3 Å². The molecule has 0 aliphatic rings. The fraction of sp³-hybridized carbons (Fsp3) is 0.0476. The standard InChI is InChI=1S/C21H15ClN2O2S/c22-16-9-11-17(12-10-16)27-20-8-4-2-6-18(20)24-21(25)14-26-19-7-3-1-5-15(19)13-23/h1-12H,14H2,(H,24,25). The Bertz CT molecular complexity index is 984. The molecule has 134 valence electrons. The zero-order valence-corrected chi connectivity index (χ0v) is 15.8. The van der Waals surface area contributed by atoms with Crippen molar-refractivity contribution in [2.75, 3.05) is 11.9 Å². The molecule has 6 heteroatoms. The van der Waals surface area contributed by atoms with Crippen LogP contribution in [0.5, 0.6) is 5.75 Å². The zero-order valence-electron chi connectivity index (χ0n) is 14.2. The van der Waals surface area contributed by atoms with Gasteiger partial charge >= 0.3 is 0 Å². The smallest absolute Gasteiger partial charge is 0.262 e. The first-order valence-corrected chi connectivity index (χ1v) is 9.29. The van der Waals surface area contributed by atoms with Gasteiger partial charge in [0.1, 0.15) is 11.8 Å². The number of anilines is 1. The van der Waals surface area contributed by atoms with Crippen molar-refractivity contribution in [2.45, 2.75) is 9.79 Å². The van der Waals surface area contributed by atoms with Crippen LogP contribution in [0.15, 0.2) is 82.6 Å². The molecule has 1 amide bonds. The first-order chi connectivity index (χ1) is 13.2. The van der Waals surface area contributed by atoms with Gasteiger partial charge in [-0.05, 0) is 48.5 Å². The molecule has 0 unspecified atom stereocenters. The Morgan fingerprint density at radius 2 is 1.74 bits per heavy atom. The number of carbonyl (C=O) groups excluding carboxylic acids is 1. The molecule has 0 spiro atoms. The molecule has 1 N–H and O–H groups in total. The lowest BCUT2D eigenvalue weighted by molar-refractivity contribution is -0.118. The lowest BCUT2D eigenvalue weighted by Gasteiger charge is -2.12. The maximum absolute atomic E-state index is 12.3. The van der Waals surface area contributed by atoms with Crippen LogP contribution in [0.3, 0.4) is 0 Å². The lowest BCUT2D eigenvalue weighted by Crippen LogP contribution is -2.20. The van der Waals surface area contributed by atoms with Crippen LogP contribution in [0.4, 0.5) is 5.69 Å². The van der Waals surface area contributed by atoms with E-state index in [9.17, 15) is 4.79 Å². The van der Waals surface area contributed by atoms with E-state index in [-0.39, 0.29) is 12.5 Å². The summed E-state index contributed by atoms with van der Waals surface area (Å²) in [4.78, 5) is 14.2. The van der Waals surface area contributed by atoms with Crippen molar-refractivity contribution >= 4 is 35.0 Å². The summed E-state index contributed by atoms with van der Waals surface area (Å²) in [5.74, 6) is 0.0888. The molecule has 0 saturated carbocycles. The van der Waals surface area contributed by atoms with E-state index in [1.807, 2.05) is 54.6 Å². The molecule has 3 rings (SSSR count). The van der Waals surface area contributed by atoms with Crippen molar-refractivity contribution in [1.29, 1.82) is 5.26 Å². The van der Waals surface area contributed by atoms with Crippen molar-refractivity contribution in [1.82, 2.24) is 0 Å². The highest BCUT2D eigenvalue weighted by molar-refractivity contribution is 7.99. The Morgan fingerprint density at radius 3 is 2.52 bits per heavy atom. The largest absolute Gasteiger partial charge is 0.482 e. The summed E-state index contributed by atoms with van der Waals surface area (Å²) in [5, 5.41) is 12.6. The van der Waals surface area contributed by atoms with Gasteiger partial charge in [0, 0.05) is 14.8 Å². The summed E-state index contributed by atoms with van der Waals surface area (Å²) in [7, 11) is 0. The number of para-hydroxylation sites is 2. The van der Waals surface area contributed by atoms with E-state index in [0.717, 1.165) is 9.79 Å². The molecule has 0 heterocycles. The SMILES string of the molecule is N#Cc1ccccc1OCC(=O)Nc1ccccc1Sc1ccc(Cl)cc1. The second kappa shape index (κ2) is 9.13. The summed E-state index contributed by atoms with van der Waals surface area (Å²) >= 11 is 7.45. The molecule has 3 aromatic carbocycles. The van der Waals surface area contributed by atoms with Crippen molar-refractivity contribution in [3.05, 3.63) is 83.4 Å². The van der Waals surface area contributed by atoms with Crippen LogP contribution in [0.2, 0.25) is 5.02 Å². The zero-order chi connectivity index (χ0) is 19.1. The van der Waals surface area contributed by atoms with Crippen LogP contribution >= 0.6 is 23.4 Å². The Morgan fingerprint density at radius 1 is 1.04 bits per heavy atom. The van der Waals surface area contributed by atoms with Crippen LogP contribution < -0.4 is 10.1 Å². The summed E-state index contributed by atoms with van der Waals surface area (Å²) < 4.78 is 5.48. The predicted molar refractivity (Wildman–Crippen MR) is 107 cm³/mol. The van der Waals surface area contributed by atoms with Gasteiger partial charge in [0.25, 0.3) is 5.91 Å². The minimum atomic E-state index is -0.299. The molecule has 27 heavy (non-hydrogen) atoms. The maximum atomic E-state index is 12.3. The average Bonchev–Trinajstić information content (AvgIpc) is 2.70. The normalized spacial score (nSPS) is 10.1. The Labute approximate surface area is 166 Å². The van der Waals surface area contributed by atoms with Gasteiger partial charge in [-0.1, -0.05) is 47.6 Å². The van der Waals surface area contributed by atoms with Crippen molar-refractivity contribution in [3.8, 4) is 11.8 Å². The van der Waals surface area contributed by atoms with E-state index < -0.39 is 0 Å². The molecule has 3 aromatic rings. The van der Waals surface area contributed by atoms with Gasteiger partial charge < -0.3 is 10.1 Å². The maximum Gasteiger partial charge on any atom is 0.262 e. The molecule has 0 bridgehead atoms. The molecule has 0 saturated heterocycles. The third-order valence-electron chi connectivity index (χ3n) is 3.57. The third-order valence-corrected chi connectivity index (χ3v) is 4.90. The van der Waals surface area contributed by atoms with Gasteiger partial charge in [-0.25, -0.2) is 0 Å². The number of hydrogen-bond acceptors (Lipinski definition) is 4. The van der Waals surface area contributed by atoms with Gasteiger partial charge in [0.15, 0.2) is 6.61 Å². The van der Waals surface area contributed by atoms with Crippen molar-refractivity contribution in [3.63, 3.8) is 0 Å². The van der Waals surface area contributed by atoms with E-state index in [2.05, 4.69) is 5.32 Å². The van der Waals surface area contributed by atoms with Crippen LogP contribution in [-0.4, -0.2) is 12.5 Å². The molecule has 0 aliphatic heterocycles. The number of ether oxygens (including phenoxy) is 1. The van der Waals surface area contributed by atoms with Crippen molar-refractivity contribution in [2.24, 2.45) is 0 Å². The fourth-order valence-electron chi connectivity index (χ4n) is 2.30. The molecule has 0 radical (unpaired) electrons. The van der Waals surface area contributed by atoms with E-state index in [4.69, 9.17) is 21.6 Å². The highest BCUT2D eigenvalue weighted by Gasteiger charge is 2.10. The van der Waals surface area contributed by atoms with Gasteiger partial charge in [0.2, 0.25) is 0 Å². The van der Waals surface area contributed by atoms with Gasteiger partial charge in [-0.3, -0.25) is 4.79 Å². The molecular formula is C21H15ClN2O2S. The number of halogens is 1. The number of amides is 1. The van der Waals surface area contributed by atoms with Gasteiger partial charge in [-0.15, -0.1) is 0 Å². The molecule has 0 aliphatic carbocycles. The fourth-order valence-corrected chi connectivity index (χ4v) is 3.33. The second-order valence-corrected chi connectivity index (χ2v) is 7.05. The molecule has 0 aromatic heterocycles. The third kappa shape index (κ3) is 5.27. The average molecular weight is 395 g/mol. The van der Waals surface area contributed by atoms with Crippen LogP contribution in [0.25, 0.3) is 0 Å². The summed E-state index contributed by atoms with van der Waals surface area (Å²) in [6.07, 6.45) is 0. The monoisotopic (exact) mass is 394 g/mol. The second-order valence-electron chi connectivity index (χ2n) is 5.50. The van der Waals surface area contributed by atoms with E-state index in [0.29, 0.717) is 22.0 Å². The van der Waals surface area contributed by atoms with Gasteiger partial charge in [-0.2, -0.15) is 5.26 Å². The number of hydrogen-bond donors (Lipinski definition) is 1. The van der Waals surface area contributed by atoms with Crippen LogP contribution in [0.1, 0.15) is 5.56 Å². The summed E-state index contributed by atoms with van der Waals surface area (Å²) in [6, 6.07) is 23.9. The number of rotatable bonds is 6. The molecular weight excluding hydrogens is 380 g/mol. The topological polar surface area (TPSA) is 62.1 Å². The first-order valence-electron chi connectivity index (χ1n) is 8.10. The highest BCUT2D eigenvalue weighted by atomic mass is 35.5. The van der Waals surface area contributed by atoms with Crippen LogP contribution in [0, 0.1) is 11.3 Å². The minimum Gasteiger partial charge on any atom is -0.482 e. The van der Waals surface area contributed by atoms with Crippen molar-refractivity contribution < 1.29 is 9.53 Å². The lowest BCUT2D eigenvalue weighted by atomic mass is 10.2.